The summed E-state index contributed by atoms with van der Waals surface area (Å²) in [6.07, 6.45) is 0. The van der Waals surface area contributed by atoms with Gasteiger partial charge in [-0.2, -0.15) is 5.11 Å². The van der Waals surface area contributed by atoms with Gasteiger partial charge in [-0.15, -0.1) is 5.11 Å². The minimum Gasteiger partial charge on any atom is -0.870 e. The topological polar surface area (TPSA) is 297 Å². The van der Waals surface area contributed by atoms with E-state index in [9.17, 15) is 9.90 Å². The molecule has 2 heterocycles. The van der Waals surface area contributed by atoms with Gasteiger partial charge in [0.25, 0.3) is 31.8 Å². The standard InChI is InChI=1S/C21H15N5O2S.4C2H4O2.2Ni.3H2O/c1-11(17-13-7-3-5-9-15(13)23-19(17)27)22-21(29)26-25-12(2)18-14-8-4-6-10-16(14)24-20(18)28;4*1-4-2-3;;;;;/h3-10H,1-2H3,(H,24,28);4*2H,1H3;;;3*1H2/q;;;;;2*+2;;;/p-4/b18-12-,22-11+,26-25?;;;;;;;;;. The maximum absolute atomic E-state index is 12.2. The fourth-order valence-corrected chi connectivity index (χ4v) is 3.39. The largest absolute Gasteiger partial charge is 2.00 e. The molecule has 0 aromatic heterocycles. The van der Waals surface area contributed by atoms with Crippen LogP contribution < -0.4 is 15.7 Å². The third-order valence-corrected chi connectivity index (χ3v) is 5.05. The number of nitrogens with zero attached hydrogens (tertiary/aromatic N) is 5. The van der Waals surface area contributed by atoms with Gasteiger partial charge in [0.05, 0.1) is 56.5 Å². The van der Waals surface area contributed by atoms with Crippen molar-refractivity contribution in [2.75, 3.05) is 28.4 Å². The summed E-state index contributed by atoms with van der Waals surface area (Å²) in [5.41, 5.74) is 2.91. The molecule has 2 aliphatic rings. The van der Waals surface area contributed by atoms with E-state index in [1.54, 1.807) is 26.0 Å². The summed E-state index contributed by atoms with van der Waals surface area (Å²) in [6, 6.07) is 14.4. The second-order valence-corrected chi connectivity index (χ2v) is 8.08. The fraction of sp³-hybridized carbons (Fsp3) is 0.207. The predicted octanol–water partition coefficient (Wildman–Crippen LogP) is 0.652. The molecule has 0 aliphatic carbocycles. The smallest absolute Gasteiger partial charge is 0.870 e. The number of hydrogen-bond donors (Lipinski definition) is 0. The number of ether oxygens (including phenoxy) is 4. The zero-order valence-electron chi connectivity index (χ0n) is 27.1. The number of allylic oxidation sites excluding steroid dienone is 1. The van der Waals surface area contributed by atoms with Crippen LogP contribution in [0.3, 0.4) is 0 Å². The predicted molar refractivity (Wildman–Crippen MR) is 170 cm³/mol. The Morgan fingerprint density at radius 3 is 1.66 bits per heavy atom. The van der Waals surface area contributed by atoms with Gasteiger partial charge in [-0.3, -0.25) is 29.0 Å². The number of carbonyl (C=O) groups is 5. The average molecular weight is 809 g/mol. The SMILES string of the molecule is C/C(N=NC(=S)/N=C(\C)C1=c2ccccc2=NC1=O)=C1/C([O-])=Nc2ccccc21.COC=O.COC=O.COC=O.COC=O.[Ni+2].[Ni+2].[OH-].[OH-].[OH-]. The van der Waals surface area contributed by atoms with Gasteiger partial charge in [-0.25, -0.2) is 9.98 Å². The molecule has 0 radical (unpaired) electrons. The minimum atomic E-state index is -0.362. The molecule has 2 aromatic carbocycles. The first-order chi connectivity index (χ1) is 21.6. The first-order valence-corrected chi connectivity index (χ1v) is 12.7. The Morgan fingerprint density at radius 1 is 0.740 bits per heavy atom. The van der Waals surface area contributed by atoms with Gasteiger partial charge in [0.15, 0.2) is 0 Å². The number of rotatable bonds is 6. The molecular weight excluding hydrogens is 776 g/mol. The number of methoxy groups -OCH3 is 4. The van der Waals surface area contributed by atoms with Crippen LogP contribution in [0.15, 0.2) is 79.4 Å². The van der Waals surface area contributed by atoms with Gasteiger partial charge < -0.3 is 40.5 Å². The van der Waals surface area contributed by atoms with Gasteiger partial charge in [0.1, 0.15) is 0 Å². The Hall–Kier alpha value is -4.90. The minimum absolute atomic E-state index is 0. The molecule has 0 unspecified atom stereocenters. The van der Waals surface area contributed by atoms with Crippen molar-refractivity contribution in [3.05, 3.63) is 70.4 Å². The zero-order valence-corrected chi connectivity index (χ0v) is 29.9. The molecule has 0 saturated carbocycles. The summed E-state index contributed by atoms with van der Waals surface area (Å²) in [7, 11) is 5.25. The van der Waals surface area contributed by atoms with Crippen molar-refractivity contribution in [2.24, 2.45) is 25.2 Å². The monoisotopic (exact) mass is 807 g/mol. The molecule has 0 bridgehead atoms. The molecule has 0 spiro atoms. The van der Waals surface area contributed by atoms with E-state index in [4.69, 9.17) is 31.4 Å². The van der Waals surface area contributed by atoms with E-state index in [0.717, 1.165) is 0 Å². The van der Waals surface area contributed by atoms with Gasteiger partial charge >= 0.3 is 33.0 Å². The molecular formula is C29H33N5Ni2O13S. The Balaban J connectivity index is -0.000000196. The Labute approximate surface area is 311 Å². The van der Waals surface area contributed by atoms with Crippen molar-refractivity contribution in [1.29, 1.82) is 0 Å². The number of thiocarbonyl (C=S) groups is 1. The maximum atomic E-state index is 12.2. The van der Waals surface area contributed by atoms with Gasteiger partial charge in [-0.1, -0.05) is 36.4 Å². The molecule has 3 N–H and O–H groups in total. The zero-order chi connectivity index (χ0) is 34.2. The second-order valence-electron chi connectivity index (χ2n) is 7.71. The van der Waals surface area contributed by atoms with Crippen LogP contribution in [0.4, 0.5) is 5.69 Å². The van der Waals surface area contributed by atoms with E-state index in [1.807, 2.05) is 36.4 Å². The summed E-state index contributed by atoms with van der Waals surface area (Å²) in [5.74, 6) is -0.723. The number of para-hydroxylation sites is 2. The van der Waals surface area contributed by atoms with Crippen LogP contribution >= 0.6 is 12.2 Å². The molecule has 0 saturated heterocycles. The molecule has 1 amide bonds. The van der Waals surface area contributed by atoms with Crippen LogP contribution in [-0.2, 0) is 75.9 Å². The average Bonchev–Trinajstić information content (AvgIpc) is 3.58. The third kappa shape index (κ3) is 19.8. The molecule has 0 atom stereocenters. The van der Waals surface area contributed by atoms with Crippen LogP contribution in [0.1, 0.15) is 19.4 Å². The molecule has 2 aliphatic heterocycles. The van der Waals surface area contributed by atoms with Crippen molar-refractivity contribution in [3.8, 4) is 0 Å². The van der Waals surface area contributed by atoms with Gasteiger partial charge in [0.2, 0.25) is 5.11 Å². The van der Waals surface area contributed by atoms with Crippen molar-refractivity contribution in [2.45, 2.75) is 13.8 Å². The van der Waals surface area contributed by atoms with Crippen LogP contribution in [0.25, 0.3) is 11.1 Å². The van der Waals surface area contributed by atoms with Crippen molar-refractivity contribution >= 4 is 77.6 Å². The van der Waals surface area contributed by atoms with Gasteiger partial charge in [0, 0.05) is 16.4 Å². The normalized spacial score (nSPS) is 11.6. The Kier molecular flexibility index (Phi) is 39.0. The number of carbonyl (C=O) groups excluding carboxylic acids is 5. The molecule has 0 fully saturated rings. The molecule has 2 aromatic rings. The summed E-state index contributed by atoms with van der Waals surface area (Å²) in [6.45, 7) is 4.84. The van der Waals surface area contributed by atoms with Crippen LogP contribution in [0.2, 0.25) is 0 Å². The summed E-state index contributed by atoms with van der Waals surface area (Å²) in [4.78, 5) is 60.2. The van der Waals surface area contributed by atoms with E-state index in [-0.39, 0.29) is 66.3 Å². The fourth-order valence-electron chi connectivity index (χ4n) is 3.21. The van der Waals surface area contributed by atoms with Crippen molar-refractivity contribution in [3.63, 3.8) is 0 Å². The molecule has 50 heavy (non-hydrogen) atoms. The van der Waals surface area contributed by atoms with E-state index in [0.29, 0.717) is 70.3 Å². The number of amides is 1. The van der Waals surface area contributed by atoms with Crippen molar-refractivity contribution in [1.82, 2.24) is 0 Å². The number of hydrogen-bond acceptors (Lipinski definition) is 16. The second kappa shape index (κ2) is 34.0. The summed E-state index contributed by atoms with van der Waals surface area (Å²) >= 11 is 5.17. The van der Waals surface area contributed by atoms with E-state index >= 15 is 0 Å². The van der Waals surface area contributed by atoms with E-state index in [1.165, 1.54) is 28.4 Å². The number of benzene rings is 2. The molecule has 21 heteroatoms. The molecule has 4 rings (SSSR count). The third-order valence-electron chi connectivity index (χ3n) is 4.88. The maximum Gasteiger partial charge on any atom is 2.00 e. The molecule has 18 nitrogen and oxygen atoms in total. The quantitative estimate of drug-likeness (QED) is 0.0967. The van der Waals surface area contributed by atoms with Crippen LogP contribution in [0, 0.1) is 0 Å². The first kappa shape index (κ1) is 57.4. The van der Waals surface area contributed by atoms with Crippen molar-refractivity contribution < 1.29 is 97.4 Å². The molecule has 278 valence electrons. The van der Waals surface area contributed by atoms with Crippen LogP contribution in [0.5, 0.6) is 0 Å². The van der Waals surface area contributed by atoms with Crippen LogP contribution in [-0.4, -0.2) is 93.4 Å². The Bertz CT molecular complexity index is 1590. The Morgan fingerprint density at radius 2 is 1.18 bits per heavy atom. The number of fused-ring (bicyclic) bond motifs is 2. The summed E-state index contributed by atoms with van der Waals surface area (Å²) < 4.78 is 15.4. The number of aliphatic imine (C=N–C) groups is 2. The first-order valence-electron chi connectivity index (χ1n) is 12.3. The number of azo groups is 1. The summed E-state index contributed by atoms with van der Waals surface area (Å²) in [5, 5.41) is 21.4. The van der Waals surface area contributed by atoms with Gasteiger partial charge in [-0.05, 0) is 44.1 Å². The van der Waals surface area contributed by atoms with E-state index in [2.05, 4.69) is 44.2 Å². The van der Waals surface area contributed by atoms with E-state index < -0.39 is 0 Å².